The van der Waals surface area contributed by atoms with Gasteiger partial charge in [-0.3, -0.25) is 0 Å². The van der Waals surface area contributed by atoms with Gasteiger partial charge in [0.15, 0.2) is 0 Å². The Balaban J connectivity index is 1.67. The van der Waals surface area contributed by atoms with E-state index in [1.165, 1.54) is 77.0 Å². The van der Waals surface area contributed by atoms with E-state index < -0.39 is 0 Å². The molecule has 0 spiro atoms. The Hall–Kier alpha value is 0. The Kier molecular flexibility index (Phi) is 8.07. The van der Waals surface area contributed by atoms with Gasteiger partial charge >= 0.3 is 0 Å². The molecule has 0 saturated heterocycles. The second-order valence-corrected chi connectivity index (χ2v) is 12.2. The molecule has 4 saturated carbocycles. The number of hydrogen-bond donors (Lipinski definition) is 0. The monoisotopic (exact) mass is 400 g/mol. The van der Waals surface area contributed by atoms with Crippen molar-refractivity contribution in [2.75, 3.05) is 0 Å². The topological polar surface area (TPSA) is 0 Å². The van der Waals surface area contributed by atoms with Gasteiger partial charge in [-0.1, -0.05) is 117 Å². The summed E-state index contributed by atoms with van der Waals surface area (Å²) >= 11 is 0. The van der Waals surface area contributed by atoms with Crippen LogP contribution in [-0.4, -0.2) is 0 Å². The van der Waals surface area contributed by atoms with Gasteiger partial charge in [0.05, 0.1) is 0 Å². The van der Waals surface area contributed by atoms with Crippen molar-refractivity contribution in [3.8, 4) is 0 Å². The lowest BCUT2D eigenvalue weighted by atomic mass is 9.47. The van der Waals surface area contributed by atoms with E-state index >= 15 is 0 Å². The van der Waals surface area contributed by atoms with Gasteiger partial charge in [-0.2, -0.15) is 0 Å². The molecule has 4 aliphatic carbocycles. The standard InChI is InChI=1S/C29H52/c1-23(24-15-7-3-8-16-24)28(25-17-9-4-10-18-25)29(2,26-19-11-5-12-20-26)27-21-13-6-14-22-27/h23-28H,3-22H2,1-2H3. The zero-order chi connectivity index (χ0) is 20.1. The van der Waals surface area contributed by atoms with Crippen LogP contribution in [0.15, 0.2) is 0 Å². The van der Waals surface area contributed by atoms with Crippen molar-refractivity contribution in [2.24, 2.45) is 40.9 Å². The minimum atomic E-state index is 0.639. The quantitative estimate of drug-likeness (QED) is 0.416. The van der Waals surface area contributed by atoms with Crippen LogP contribution in [-0.2, 0) is 0 Å². The summed E-state index contributed by atoms with van der Waals surface area (Å²) in [6, 6.07) is 0. The predicted octanol–water partition coefficient (Wildman–Crippen LogP) is 9.57. The summed E-state index contributed by atoms with van der Waals surface area (Å²) in [5, 5.41) is 0. The van der Waals surface area contributed by atoms with E-state index in [0.717, 1.165) is 35.5 Å². The highest BCUT2D eigenvalue weighted by Gasteiger charge is 2.52. The molecule has 0 aromatic heterocycles. The van der Waals surface area contributed by atoms with Crippen molar-refractivity contribution in [3.05, 3.63) is 0 Å². The lowest BCUT2D eigenvalue weighted by Gasteiger charge is -2.57. The molecule has 2 atom stereocenters. The van der Waals surface area contributed by atoms with Gasteiger partial charge < -0.3 is 0 Å². The van der Waals surface area contributed by atoms with E-state index in [1.54, 1.807) is 51.4 Å². The molecule has 0 heteroatoms. The lowest BCUT2D eigenvalue weighted by molar-refractivity contribution is -0.0856. The smallest absolute Gasteiger partial charge is 0.0236 e. The normalized spacial score (nSPS) is 29.6. The molecule has 0 heterocycles. The van der Waals surface area contributed by atoms with Crippen LogP contribution in [0.25, 0.3) is 0 Å². The summed E-state index contributed by atoms with van der Waals surface area (Å²) in [5.74, 6) is 6.18. The largest absolute Gasteiger partial charge is 0.0619 e. The van der Waals surface area contributed by atoms with E-state index in [9.17, 15) is 0 Å². The average molecular weight is 401 g/mol. The molecule has 0 aliphatic heterocycles. The maximum absolute atomic E-state index is 2.89. The van der Waals surface area contributed by atoms with Crippen LogP contribution in [0.2, 0.25) is 0 Å². The summed E-state index contributed by atoms with van der Waals surface area (Å²) in [5.41, 5.74) is 0.639. The minimum absolute atomic E-state index is 0.639. The molecule has 0 N–H and O–H groups in total. The minimum Gasteiger partial charge on any atom is -0.0619 e. The maximum Gasteiger partial charge on any atom is -0.0236 e. The van der Waals surface area contributed by atoms with Crippen molar-refractivity contribution in [1.29, 1.82) is 0 Å². The summed E-state index contributed by atoms with van der Waals surface area (Å²) in [6.45, 7) is 5.65. The van der Waals surface area contributed by atoms with Gasteiger partial charge in [-0.25, -0.2) is 0 Å². The van der Waals surface area contributed by atoms with Crippen molar-refractivity contribution in [2.45, 2.75) is 142 Å². The summed E-state index contributed by atoms with van der Waals surface area (Å²) in [6.07, 6.45) is 30.8. The third-order valence-electron chi connectivity index (χ3n) is 10.8. The Bertz CT molecular complexity index is 436. The lowest BCUT2D eigenvalue weighted by Crippen LogP contribution is -2.50. The Morgan fingerprint density at radius 3 is 1.24 bits per heavy atom. The second-order valence-electron chi connectivity index (χ2n) is 12.2. The van der Waals surface area contributed by atoms with Crippen molar-refractivity contribution < 1.29 is 0 Å². The first-order valence-corrected chi connectivity index (χ1v) is 14.2. The van der Waals surface area contributed by atoms with E-state index in [4.69, 9.17) is 0 Å². The number of rotatable bonds is 6. The van der Waals surface area contributed by atoms with Crippen LogP contribution in [0.3, 0.4) is 0 Å². The Morgan fingerprint density at radius 2 is 0.828 bits per heavy atom. The van der Waals surface area contributed by atoms with Gasteiger partial charge in [0, 0.05) is 0 Å². The van der Waals surface area contributed by atoms with Crippen LogP contribution in [0.4, 0.5) is 0 Å². The van der Waals surface area contributed by atoms with Crippen LogP contribution in [0, 0.1) is 40.9 Å². The highest BCUT2D eigenvalue weighted by Crippen LogP contribution is 2.60. The van der Waals surface area contributed by atoms with Crippen molar-refractivity contribution >= 4 is 0 Å². The fourth-order valence-corrected chi connectivity index (χ4v) is 9.28. The summed E-state index contributed by atoms with van der Waals surface area (Å²) < 4.78 is 0. The molecule has 0 radical (unpaired) electrons. The first-order valence-electron chi connectivity index (χ1n) is 14.2. The van der Waals surface area contributed by atoms with Crippen LogP contribution >= 0.6 is 0 Å². The van der Waals surface area contributed by atoms with Gasteiger partial charge in [-0.15, -0.1) is 0 Å². The van der Waals surface area contributed by atoms with E-state index in [2.05, 4.69) is 13.8 Å². The molecular formula is C29H52. The molecule has 2 unspecified atom stereocenters. The van der Waals surface area contributed by atoms with Crippen LogP contribution in [0.1, 0.15) is 142 Å². The van der Waals surface area contributed by atoms with Gasteiger partial charge in [0.25, 0.3) is 0 Å². The van der Waals surface area contributed by atoms with Gasteiger partial charge in [0.2, 0.25) is 0 Å². The van der Waals surface area contributed by atoms with E-state index in [0.29, 0.717) is 5.41 Å². The molecule has 0 bridgehead atoms. The maximum atomic E-state index is 2.89. The predicted molar refractivity (Wildman–Crippen MR) is 127 cm³/mol. The van der Waals surface area contributed by atoms with Crippen molar-refractivity contribution in [1.82, 2.24) is 0 Å². The summed E-state index contributed by atoms with van der Waals surface area (Å²) in [4.78, 5) is 0. The average Bonchev–Trinajstić information content (AvgIpc) is 2.81. The van der Waals surface area contributed by atoms with Gasteiger partial charge in [0.1, 0.15) is 0 Å². The molecule has 168 valence electrons. The fraction of sp³-hybridized carbons (Fsp3) is 1.00. The molecular weight excluding hydrogens is 348 g/mol. The molecule has 4 aliphatic rings. The zero-order valence-electron chi connectivity index (χ0n) is 20.1. The van der Waals surface area contributed by atoms with Crippen LogP contribution in [0.5, 0.6) is 0 Å². The van der Waals surface area contributed by atoms with Gasteiger partial charge in [-0.05, 0) is 66.6 Å². The third-order valence-corrected chi connectivity index (χ3v) is 10.8. The first kappa shape index (κ1) is 22.2. The molecule has 29 heavy (non-hydrogen) atoms. The highest BCUT2D eigenvalue weighted by atomic mass is 14.6. The SMILES string of the molecule is CC(C1CCCCC1)C(C1CCCCC1)C(C)(C1CCCCC1)C1CCCCC1. The van der Waals surface area contributed by atoms with Crippen LogP contribution < -0.4 is 0 Å². The zero-order valence-corrected chi connectivity index (χ0v) is 20.1. The molecule has 4 fully saturated rings. The first-order chi connectivity index (χ1) is 14.2. The molecule has 4 rings (SSSR count). The number of hydrogen-bond acceptors (Lipinski definition) is 0. The van der Waals surface area contributed by atoms with E-state index in [-0.39, 0.29) is 0 Å². The van der Waals surface area contributed by atoms with E-state index in [1.807, 2.05) is 0 Å². The molecule has 0 nitrogen and oxygen atoms in total. The summed E-state index contributed by atoms with van der Waals surface area (Å²) in [7, 11) is 0. The second kappa shape index (κ2) is 10.5. The highest BCUT2D eigenvalue weighted by molar-refractivity contribution is 5.01. The Morgan fingerprint density at radius 1 is 0.483 bits per heavy atom. The Labute approximate surface area is 183 Å². The van der Waals surface area contributed by atoms with Crippen molar-refractivity contribution in [3.63, 3.8) is 0 Å². The molecule has 0 amide bonds. The molecule has 0 aromatic carbocycles. The third kappa shape index (κ3) is 4.92. The molecule has 0 aromatic rings. The fourth-order valence-electron chi connectivity index (χ4n) is 9.28.